The minimum Gasteiger partial charge on any atom is -0.382 e. The molecule has 0 radical (unpaired) electrons. The minimum absolute atomic E-state index is 0.310. The number of nitrogens with zero attached hydrogens (tertiary/aromatic N) is 2. The van der Waals surface area contributed by atoms with E-state index in [1.807, 2.05) is 0 Å². The highest BCUT2D eigenvalue weighted by Gasteiger charge is 2.47. The van der Waals surface area contributed by atoms with E-state index in [1.165, 1.54) is 0 Å². The van der Waals surface area contributed by atoms with Crippen molar-refractivity contribution in [3.05, 3.63) is 35.2 Å². The topological polar surface area (TPSA) is 27.8 Å². The van der Waals surface area contributed by atoms with E-state index in [0.29, 0.717) is 30.8 Å². The summed E-state index contributed by atoms with van der Waals surface area (Å²) >= 11 is 0. The Kier molecular flexibility index (Phi) is 3.91. The van der Waals surface area contributed by atoms with Crippen LogP contribution in [0, 0.1) is 13.5 Å². The van der Waals surface area contributed by atoms with E-state index < -0.39 is 18.3 Å². The first-order valence-electron chi connectivity index (χ1n) is 6.34. The number of anilines is 1. The Labute approximate surface area is 115 Å². The maximum absolute atomic E-state index is 12.7. The smallest absolute Gasteiger partial charge is 0.382 e. The molecule has 1 heterocycles. The summed E-state index contributed by atoms with van der Waals surface area (Å²) in [5.74, 6) is 0. The van der Waals surface area contributed by atoms with E-state index in [1.54, 1.807) is 30.0 Å². The van der Waals surface area contributed by atoms with Crippen LogP contribution in [-0.4, -0.2) is 30.0 Å². The predicted molar refractivity (Wildman–Crippen MR) is 69.9 cm³/mol. The van der Waals surface area contributed by atoms with Gasteiger partial charge < -0.3 is 10.0 Å². The Hall–Kier alpha value is -1.74. The van der Waals surface area contributed by atoms with Gasteiger partial charge in [0.15, 0.2) is 11.8 Å². The zero-order valence-electron chi connectivity index (χ0n) is 11.0. The number of aliphatic hydroxyl groups excluding tert-OH is 1. The van der Waals surface area contributed by atoms with Gasteiger partial charge in [0.1, 0.15) is 0 Å². The largest absolute Gasteiger partial charge is 0.416 e. The summed E-state index contributed by atoms with van der Waals surface area (Å²) < 4.78 is 38.0. The molecular weight excluding hydrogens is 269 g/mol. The molecule has 0 amide bonds. The van der Waals surface area contributed by atoms with Gasteiger partial charge in [-0.2, -0.15) is 13.2 Å². The van der Waals surface area contributed by atoms with Crippen molar-refractivity contribution in [2.24, 2.45) is 0 Å². The number of halogens is 3. The molecule has 1 aliphatic heterocycles. The van der Waals surface area contributed by atoms with Gasteiger partial charge in [0.05, 0.1) is 12.6 Å². The summed E-state index contributed by atoms with van der Waals surface area (Å²) in [5.41, 5.74) is 1.84. The fraction of sp³-hybridized carbons (Fsp3) is 0.500. The van der Waals surface area contributed by atoms with E-state index >= 15 is 0 Å². The van der Waals surface area contributed by atoms with E-state index in [0.717, 1.165) is 5.56 Å². The summed E-state index contributed by atoms with van der Waals surface area (Å²) in [7, 11) is 0. The number of hydrogen-bond acceptors (Lipinski definition) is 2. The van der Waals surface area contributed by atoms with Crippen LogP contribution in [0.2, 0.25) is 0 Å². The van der Waals surface area contributed by atoms with Crippen molar-refractivity contribution in [2.45, 2.75) is 38.1 Å². The van der Waals surface area contributed by atoms with E-state index in [9.17, 15) is 18.3 Å². The first-order chi connectivity index (χ1) is 9.34. The molecule has 6 heteroatoms. The van der Waals surface area contributed by atoms with Gasteiger partial charge in [-0.25, -0.2) is 4.85 Å². The molecule has 2 atom stereocenters. The fourth-order valence-corrected chi connectivity index (χ4v) is 2.60. The van der Waals surface area contributed by atoms with Crippen LogP contribution in [-0.2, 0) is 0 Å². The number of hydrogen-bond donors (Lipinski definition) is 1. The van der Waals surface area contributed by atoms with Gasteiger partial charge in [0, 0.05) is 12.2 Å². The normalized spacial score (nSPS) is 20.8. The average molecular weight is 284 g/mol. The number of alkyl halides is 3. The maximum atomic E-state index is 12.7. The first-order valence-corrected chi connectivity index (χ1v) is 6.34. The highest BCUT2D eigenvalue weighted by molar-refractivity contribution is 5.61. The van der Waals surface area contributed by atoms with Crippen LogP contribution in [0.3, 0.4) is 0 Å². The SMILES string of the molecule is [C-]#[N+]c1ccc(N2CCC[C@@H]2[C@@H](O)C(F)(F)F)cc1C. The molecule has 0 bridgehead atoms. The second-order valence-electron chi connectivity index (χ2n) is 4.97. The maximum Gasteiger partial charge on any atom is 0.416 e. The Morgan fingerprint density at radius 1 is 1.45 bits per heavy atom. The van der Waals surface area contributed by atoms with Crippen molar-refractivity contribution in [1.82, 2.24) is 0 Å². The molecule has 1 saturated heterocycles. The van der Waals surface area contributed by atoms with Crippen molar-refractivity contribution in [2.75, 3.05) is 11.4 Å². The third-order valence-corrected chi connectivity index (χ3v) is 3.63. The molecule has 1 aliphatic rings. The molecule has 108 valence electrons. The summed E-state index contributed by atoms with van der Waals surface area (Å²) in [4.78, 5) is 4.92. The molecule has 1 aromatic rings. The van der Waals surface area contributed by atoms with E-state index in [-0.39, 0.29) is 0 Å². The summed E-state index contributed by atoms with van der Waals surface area (Å²) in [6.45, 7) is 9.21. The lowest BCUT2D eigenvalue weighted by Gasteiger charge is -2.31. The van der Waals surface area contributed by atoms with Gasteiger partial charge in [-0.1, -0.05) is 6.07 Å². The fourth-order valence-electron chi connectivity index (χ4n) is 2.60. The van der Waals surface area contributed by atoms with Gasteiger partial charge >= 0.3 is 6.18 Å². The van der Waals surface area contributed by atoms with Crippen LogP contribution in [0.1, 0.15) is 18.4 Å². The molecule has 3 nitrogen and oxygen atoms in total. The van der Waals surface area contributed by atoms with Crippen molar-refractivity contribution < 1.29 is 18.3 Å². The second kappa shape index (κ2) is 5.33. The molecule has 20 heavy (non-hydrogen) atoms. The predicted octanol–water partition coefficient (Wildman–Crippen LogP) is 3.44. The summed E-state index contributed by atoms with van der Waals surface area (Å²) in [6, 6.07) is 4.00. The Morgan fingerprint density at radius 3 is 2.70 bits per heavy atom. The van der Waals surface area contributed by atoms with Crippen molar-refractivity contribution in [3.8, 4) is 0 Å². The standard InChI is InChI=1S/C14H15F3N2O/c1-9-8-10(5-6-11(9)18-2)19-7-3-4-12(19)13(20)14(15,16)17/h5-6,8,12-13,20H,3-4,7H2,1H3/t12-,13-/m1/s1. The quantitative estimate of drug-likeness (QED) is 0.843. The van der Waals surface area contributed by atoms with Gasteiger partial charge in [0.25, 0.3) is 0 Å². The number of rotatable bonds is 2. The van der Waals surface area contributed by atoms with Gasteiger partial charge in [-0.15, -0.1) is 0 Å². The van der Waals surface area contributed by atoms with Crippen molar-refractivity contribution in [3.63, 3.8) is 0 Å². The van der Waals surface area contributed by atoms with Crippen LogP contribution in [0.5, 0.6) is 0 Å². The van der Waals surface area contributed by atoms with Gasteiger partial charge in [-0.05, 0) is 37.5 Å². The monoisotopic (exact) mass is 284 g/mol. The molecule has 0 aliphatic carbocycles. The molecule has 1 fully saturated rings. The van der Waals surface area contributed by atoms with Gasteiger partial charge in [0.2, 0.25) is 0 Å². The van der Waals surface area contributed by atoms with Crippen LogP contribution in [0.25, 0.3) is 4.85 Å². The molecule has 0 aromatic heterocycles. The molecule has 0 spiro atoms. The number of benzene rings is 1. The van der Waals surface area contributed by atoms with Crippen molar-refractivity contribution in [1.29, 1.82) is 0 Å². The molecule has 1 aromatic carbocycles. The average Bonchev–Trinajstić information content (AvgIpc) is 2.85. The van der Waals surface area contributed by atoms with E-state index in [2.05, 4.69) is 4.85 Å². The van der Waals surface area contributed by atoms with Crippen LogP contribution in [0.15, 0.2) is 18.2 Å². The molecule has 0 saturated carbocycles. The summed E-state index contributed by atoms with van der Waals surface area (Å²) in [6.07, 6.45) is -6.03. The third kappa shape index (κ3) is 2.73. The molecule has 2 rings (SSSR count). The number of aliphatic hydroxyl groups is 1. The molecular formula is C14H15F3N2O. The van der Waals surface area contributed by atoms with E-state index in [4.69, 9.17) is 6.57 Å². The molecule has 1 N–H and O–H groups in total. The lowest BCUT2D eigenvalue weighted by Crippen LogP contribution is -2.47. The third-order valence-electron chi connectivity index (χ3n) is 3.63. The Balaban J connectivity index is 2.28. The Bertz CT molecular complexity index is 536. The zero-order chi connectivity index (χ0) is 14.9. The second-order valence-corrected chi connectivity index (χ2v) is 4.97. The van der Waals surface area contributed by atoms with Crippen LogP contribution >= 0.6 is 0 Å². The molecule has 0 unspecified atom stereocenters. The zero-order valence-corrected chi connectivity index (χ0v) is 11.0. The highest BCUT2D eigenvalue weighted by Crippen LogP contribution is 2.35. The minimum atomic E-state index is -4.61. The lowest BCUT2D eigenvalue weighted by atomic mass is 10.1. The summed E-state index contributed by atoms with van der Waals surface area (Å²) in [5, 5.41) is 9.47. The number of aryl methyl sites for hydroxylation is 1. The van der Waals surface area contributed by atoms with Crippen molar-refractivity contribution >= 4 is 11.4 Å². The first kappa shape index (κ1) is 14.7. The lowest BCUT2D eigenvalue weighted by molar-refractivity contribution is -0.209. The highest BCUT2D eigenvalue weighted by atomic mass is 19.4. The van der Waals surface area contributed by atoms with Crippen LogP contribution in [0.4, 0.5) is 24.5 Å². The Morgan fingerprint density at radius 2 is 2.15 bits per heavy atom. The van der Waals surface area contributed by atoms with Crippen LogP contribution < -0.4 is 4.90 Å². The van der Waals surface area contributed by atoms with Gasteiger partial charge in [-0.3, -0.25) is 0 Å².